The summed E-state index contributed by atoms with van der Waals surface area (Å²) >= 11 is 1.30. The molecule has 0 aliphatic carbocycles. The van der Waals surface area contributed by atoms with Crippen LogP contribution in [0.5, 0.6) is 0 Å². The standard InChI is InChI=1S/C24H20N2O2S/c1-16-13-17(2)15-18(14-16)25-21-22(29-20-11-7-4-8-12-20)24(28)26(23(21)27)19-9-5-3-6-10-19/h3-15,25H,1-2H3. The Morgan fingerprint density at radius 3 is 1.97 bits per heavy atom. The molecule has 0 saturated heterocycles. The first-order valence-corrected chi connectivity index (χ1v) is 10.1. The van der Waals surface area contributed by atoms with Crippen molar-refractivity contribution in [3.05, 3.63) is 101 Å². The number of para-hydroxylation sites is 1. The second kappa shape index (κ2) is 7.97. The fraction of sp³-hybridized carbons (Fsp3) is 0.0833. The molecule has 2 amide bonds. The van der Waals surface area contributed by atoms with E-state index < -0.39 is 0 Å². The lowest BCUT2D eigenvalue weighted by Gasteiger charge is -2.15. The fourth-order valence-corrected chi connectivity index (χ4v) is 4.27. The molecule has 144 valence electrons. The molecule has 0 unspecified atom stereocenters. The summed E-state index contributed by atoms with van der Waals surface area (Å²) < 4.78 is 0. The van der Waals surface area contributed by atoms with Gasteiger partial charge in [-0.25, -0.2) is 4.90 Å². The second-order valence-corrected chi connectivity index (χ2v) is 7.99. The van der Waals surface area contributed by atoms with Gasteiger partial charge in [0.05, 0.1) is 5.69 Å². The summed E-state index contributed by atoms with van der Waals surface area (Å²) in [4.78, 5) is 29.0. The van der Waals surface area contributed by atoms with Crippen molar-refractivity contribution in [2.24, 2.45) is 0 Å². The number of carbonyl (C=O) groups excluding carboxylic acids is 2. The van der Waals surface area contributed by atoms with Crippen LogP contribution in [0.4, 0.5) is 11.4 Å². The van der Waals surface area contributed by atoms with Crippen molar-refractivity contribution < 1.29 is 9.59 Å². The van der Waals surface area contributed by atoms with Crippen LogP contribution in [0.3, 0.4) is 0 Å². The maximum Gasteiger partial charge on any atom is 0.283 e. The minimum Gasteiger partial charge on any atom is -0.350 e. The Labute approximate surface area is 174 Å². The third-order valence-corrected chi connectivity index (χ3v) is 5.60. The Morgan fingerprint density at radius 2 is 1.34 bits per heavy atom. The number of hydrogen-bond donors (Lipinski definition) is 1. The highest BCUT2D eigenvalue weighted by atomic mass is 32.2. The lowest BCUT2D eigenvalue weighted by molar-refractivity contribution is -0.120. The maximum atomic E-state index is 13.3. The molecule has 5 heteroatoms. The van der Waals surface area contributed by atoms with E-state index in [2.05, 4.69) is 11.4 Å². The predicted octanol–water partition coefficient (Wildman–Crippen LogP) is 5.29. The summed E-state index contributed by atoms with van der Waals surface area (Å²) in [5.74, 6) is -0.666. The van der Waals surface area contributed by atoms with Crippen molar-refractivity contribution in [2.45, 2.75) is 18.7 Å². The van der Waals surface area contributed by atoms with Crippen molar-refractivity contribution in [2.75, 3.05) is 10.2 Å². The zero-order valence-electron chi connectivity index (χ0n) is 16.2. The molecule has 3 aromatic carbocycles. The molecule has 1 aliphatic rings. The summed E-state index contributed by atoms with van der Waals surface area (Å²) in [6.45, 7) is 4.01. The number of thioether (sulfide) groups is 1. The SMILES string of the molecule is Cc1cc(C)cc(NC2=C(Sc3ccccc3)C(=O)N(c3ccccc3)C2=O)c1. The molecule has 4 rings (SSSR count). The molecule has 1 heterocycles. The third kappa shape index (κ3) is 3.96. The van der Waals surface area contributed by atoms with Gasteiger partial charge in [0, 0.05) is 10.6 Å². The Kier molecular flexibility index (Phi) is 5.23. The molecule has 0 radical (unpaired) electrons. The van der Waals surface area contributed by atoms with Crippen LogP contribution in [0.2, 0.25) is 0 Å². The van der Waals surface area contributed by atoms with E-state index in [-0.39, 0.29) is 11.8 Å². The van der Waals surface area contributed by atoms with E-state index in [9.17, 15) is 9.59 Å². The summed E-state index contributed by atoms with van der Waals surface area (Å²) in [7, 11) is 0. The van der Waals surface area contributed by atoms with E-state index in [0.717, 1.165) is 21.7 Å². The molecular weight excluding hydrogens is 380 g/mol. The summed E-state index contributed by atoms with van der Waals surface area (Å²) in [6, 6.07) is 24.6. The van der Waals surface area contributed by atoms with E-state index in [0.29, 0.717) is 16.3 Å². The highest BCUT2D eigenvalue weighted by Crippen LogP contribution is 2.37. The molecule has 0 fully saturated rings. The fourth-order valence-electron chi connectivity index (χ4n) is 3.32. The van der Waals surface area contributed by atoms with Gasteiger partial charge >= 0.3 is 0 Å². The van der Waals surface area contributed by atoms with Gasteiger partial charge < -0.3 is 5.32 Å². The zero-order valence-corrected chi connectivity index (χ0v) is 17.0. The van der Waals surface area contributed by atoms with Gasteiger partial charge in [-0.1, -0.05) is 54.2 Å². The lowest BCUT2D eigenvalue weighted by Crippen LogP contribution is -2.32. The van der Waals surface area contributed by atoms with E-state index in [4.69, 9.17) is 0 Å². The highest BCUT2D eigenvalue weighted by molar-refractivity contribution is 8.04. The summed E-state index contributed by atoms with van der Waals surface area (Å²) in [5.41, 5.74) is 3.83. The van der Waals surface area contributed by atoms with E-state index in [1.54, 1.807) is 12.1 Å². The van der Waals surface area contributed by atoms with Crippen LogP contribution in [0, 0.1) is 13.8 Å². The number of amides is 2. The minimum atomic E-state index is -0.348. The molecular formula is C24H20N2O2S. The second-order valence-electron chi connectivity index (χ2n) is 6.90. The largest absolute Gasteiger partial charge is 0.350 e. The van der Waals surface area contributed by atoms with Gasteiger partial charge in [-0.15, -0.1) is 0 Å². The molecule has 3 aromatic rings. The van der Waals surface area contributed by atoms with Crippen molar-refractivity contribution in [3.8, 4) is 0 Å². The molecule has 0 saturated carbocycles. The van der Waals surface area contributed by atoms with Crippen molar-refractivity contribution in [1.82, 2.24) is 0 Å². The number of nitrogens with one attached hydrogen (secondary N) is 1. The molecule has 0 aromatic heterocycles. The van der Waals surface area contributed by atoms with Crippen LogP contribution in [-0.2, 0) is 9.59 Å². The van der Waals surface area contributed by atoms with E-state index in [1.165, 1.54) is 16.7 Å². The molecule has 1 N–H and O–H groups in total. The number of hydrogen-bond acceptors (Lipinski definition) is 4. The molecule has 29 heavy (non-hydrogen) atoms. The number of anilines is 2. The van der Waals surface area contributed by atoms with Gasteiger partial charge in [-0.3, -0.25) is 9.59 Å². The topological polar surface area (TPSA) is 49.4 Å². The average Bonchev–Trinajstić information content (AvgIpc) is 2.93. The van der Waals surface area contributed by atoms with Gasteiger partial charge in [-0.05, 0) is 61.4 Å². The number of benzene rings is 3. The number of nitrogens with zero attached hydrogens (tertiary/aromatic N) is 1. The van der Waals surface area contributed by atoms with Gasteiger partial charge in [0.15, 0.2) is 0 Å². The number of imide groups is 1. The highest BCUT2D eigenvalue weighted by Gasteiger charge is 2.40. The van der Waals surface area contributed by atoms with Crippen LogP contribution in [-0.4, -0.2) is 11.8 Å². The molecule has 0 bridgehead atoms. The van der Waals surface area contributed by atoms with Crippen molar-refractivity contribution >= 4 is 35.0 Å². The minimum absolute atomic E-state index is 0.303. The smallest absolute Gasteiger partial charge is 0.283 e. The van der Waals surface area contributed by atoms with Gasteiger partial charge in [0.2, 0.25) is 0 Å². The maximum absolute atomic E-state index is 13.3. The Bertz CT molecular complexity index is 1090. The first kappa shape index (κ1) is 19.0. The van der Waals surface area contributed by atoms with E-state index >= 15 is 0 Å². The molecule has 1 aliphatic heterocycles. The molecule has 0 spiro atoms. The predicted molar refractivity (Wildman–Crippen MR) is 118 cm³/mol. The van der Waals surface area contributed by atoms with Crippen LogP contribution < -0.4 is 10.2 Å². The van der Waals surface area contributed by atoms with Crippen molar-refractivity contribution in [1.29, 1.82) is 0 Å². The van der Waals surface area contributed by atoms with Crippen LogP contribution in [0.25, 0.3) is 0 Å². The monoisotopic (exact) mass is 400 g/mol. The molecule has 4 nitrogen and oxygen atoms in total. The summed E-state index contributed by atoms with van der Waals surface area (Å²) in [5, 5.41) is 3.22. The first-order chi connectivity index (χ1) is 14.0. The normalized spacial score (nSPS) is 13.9. The number of rotatable bonds is 5. The Balaban J connectivity index is 1.76. The van der Waals surface area contributed by atoms with Gasteiger partial charge in [0.25, 0.3) is 11.8 Å². The Morgan fingerprint density at radius 1 is 0.759 bits per heavy atom. The third-order valence-electron chi connectivity index (χ3n) is 4.51. The average molecular weight is 401 g/mol. The Hall–Kier alpha value is -3.31. The van der Waals surface area contributed by atoms with Crippen molar-refractivity contribution in [3.63, 3.8) is 0 Å². The summed E-state index contributed by atoms with van der Waals surface area (Å²) in [6.07, 6.45) is 0. The van der Waals surface area contributed by atoms with Gasteiger partial charge in [0.1, 0.15) is 10.6 Å². The first-order valence-electron chi connectivity index (χ1n) is 9.29. The van der Waals surface area contributed by atoms with Crippen LogP contribution in [0.15, 0.2) is 94.4 Å². The zero-order chi connectivity index (χ0) is 20.4. The number of aryl methyl sites for hydroxylation is 2. The number of carbonyl (C=O) groups is 2. The van der Waals surface area contributed by atoms with Crippen LogP contribution in [0.1, 0.15) is 11.1 Å². The van der Waals surface area contributed by atoms with Crippen LogP contribution >= 0.6 is 11.8 Å². The lowest BCUT2D eigenvalue weighted by atomic mass is 10.1. The van der Waals surface area contributed by atoms with Gasteiger partial charge in [-0.2, -0.15) is 0 Å². The molecule has 0 atom stereocenters. The quantitative estimate of drug-likeness (QED) is 0.591. The van der Waals surface area contributed by atoms with E-state index in [1.807, 2.05) is 74.5 Å².